The number of carbonyl (C=O) groups is 1. The third-order valence-corrected chi connectivity index (χ3v) is 4.52. The van der Waals surface area contributed by atoms with Gasteiger partial charge in [0.2, 0.25) is 0 Å². The first kappa shape index (κ1) is 15.8. The maximum Gasteiger partial charge on any atom is 0.306 e. The number of methoxy groups -OCH3 is 1. The van der Waals surface area contributed by atoms with Gasteiger partial charge in [0.25, 0.3) is 0 Å². The topological polar surface area (TPSA) is 58.6 Å². The summed E-state index contributed by atoms with van der Waals surface area (Å²) in [6, 6.07) is 8.42. The Morgan fingerprint density at radius 1 is 1.29 bits per heavy atom. The highest BCUT2D eigenvalue weighted by Gasteiger charge is 2.25. The van der Waals surface area contributed by atoms with Crippen molar-refractivity contribution in [2.24, 2.45) is 11.8 Å². The fourth-order valence-corrected chi connectivity index (χ4v) is 2.97. The summed E-state index contributed by atoms with van der Waals surface area (Å²) in [4.78, 5) is 10.9. The van der Waals surface area contributed by atoms with Crippen LogP contribution in [0.15, 0.2) is 24.3 Å². The summed E-state index contributed by atoms with van der Waals surface area (Å²) < 4.78 is 5.17. The van der Waals surface area contributed by atoms with Crippen molar-refractivity contribution in [1.82, 2.24) is 5.32 Å². The molecule has 0 spiro atoms. The van der Waals surface area contributed by atoms with Crippen molar-refractivity contribution in [1.29, 1.82) is 0 Å². The van der Waals surface area contributed by atoms with Crippen molar-refractivity contribution in [3.8, 4) is 5.75 Å². The average molecular weight is 291 g/mol. The van der Waals surface area contributed by atoms with Gasteiger partial charge in [0, 0.05) is 6.04 Å². The molecule has 1 aliphatic carbocycles. The molecule has 1 saturated carbocycles. The Morgan fingerprint density at radius 3 is 2.43 bits per heavy atom. The van der Waals surface area contributed by atoms with Crippen molar-refractivity contribution in [2.75, 3.05) is 13.7 Å². The zero-order valence-electron chi connectivity index (χ0n) is 12.8. The summed E-state index contributed by atoms with van der Waals surface area (Å²) in [7, 11) is 1.67. The molecule has 0 amide bonds. The molecular formula is C17H25NO3. The van der Waals surface area contributed by atoms with Crippen molar-refractivity contribution >= 4 is 5.97 Å². The van der Waals surface area contributed by atoms with Crippen molar-refractivity contribution in [3.05, 3.63) is 29.8 Å². The molecular weight excluding hydrogens is 266 g/mol. The highest BCUT2D eigenvalue weighted by Crippen LogP contribution is 2.29. The molecule has 1 aromatic carbocycles. The molecule has 0 saturated heterocycles. The number of carboxylic acid groups (broad SMARTS) is 1. The van der Waals surface area contributed by atoms with Gasteiger partial charge in [0.1, 0.15) is 5.75 Å². The van der Waals surface area contributed by atoms with Crippen LogP contribution in [0.4, 0.5) is 0 Å². The van der Waals surface area contributed by atoms with Crippen molar-refractivity contribution in [3.63, 3.8) is 0 Å². The van der Waals surface area contributed by atoms with Gasteiger partial charge in [0.05, 0.1) is 13.0 Å². The van der Waals surface area contributed by atoms with Crippen molar-refractivity contribution in [2.45, 2.75) is 38.6 Å². The second-order valence-corrected chi connectivity index (χ2v) is 5.96. The van der Waals surface area contributed by atoms with Crippen LogP contribution in [-0.2, 0) is 4.79 Å². The number of nitrogens with one attached hydrogen (secondary N) is 1. The molecule has 21 heavy (non-hydrogen) atoms. The third kappa shape index (κ3) is 4.46. The van der Waals surface area contributed by atoms with E-state index in [4.69, 9.17) is 9.84 Å². The fourth-order valence-electron chi connectivity index (χ4n) is 2.97. The van der Waals surface area contributed by atoms with Gasteiger partial charge in [-0.1, -0.05) is 12.1 Å². The number of rotatable bonds is 6. The molecule has 0 bridgehead atoms. The Balaban J connectivity index is 1.76. The zero-order valence-corrected chi connectivity index (χ0v) is 12.8. The lowest BCUT2D eigenvalue weighted by Gasteiger charge is -2.27. The lowest BCUT2D eigenvalue weighted by Crippen LogP contribution is -2.30. The number of aliphatic carboxylic acids is 1. The van der Waals surface area contributed by atoms with E-state index in [1.165, 1.54) is 5.56 Å². The molecule has 1 aromatic rings. The second-order valence-electron chi connectivity index (χ2n) is 5.96. The van der Waals surface area contributed by atoms with E-state index in [2.05, 4.69) is 24.4 Å². The van der Waals surface area contributed by atoms with E-state index in [-0.39, 0.29) is 5.92 Å². The van der Waals surface area contributed by atoms with Crippen LogP contribution in [0.3, 0.4) is 0 Å². The lowest BCUT2D eigenvalue weighted by molar-refractivity contribution is -0.143. The van der Waals surface area contributed by atoms with E-state index in [9.17, 15) is 4.79 Å². The van der Waals surface area contributed by atoms with Gasteiger partial charge in [-0.15, -0.1) is 0 Å². The summed E-state index contributed by atoms with van der Waals surface area (Å²) in [5.74, 6) is 0.715. The molecule has 1 atom stereocenters. The van der Waals surface area contributed by atoms with Crippen LogP contribution < -0.4 is 10.1 Å². The molecule has 116 valence electrons. The molecule has 1 aliphatic rings. The first-order valence-electron chi connectivity index (χ1n) is 7.70. The monoisotopic (exact) mass is 291 g/mol. The summed E-state index contributed by atoms with van der Waals surface area (Å²) in [5, 5.41) is 12.6. The molecule has 0 radical (unpaired) electrons. The number of hydrogen-bond donors (Lipinski definition) is 2. The Hall–Kier alpha value is -1.55. The van der Waals surface area contributed by atoms with Gasteiger partial charge in [-0.2, -0.15) is 0 Å². The molecule has 1 fully saturated rings. The Labute approximate surface area is 126 Å². The maximum absolute atomic E-state index is 10.9. The Bertz CT molecular complexity index is 450. The number of carboxylic acids is 1. The minimum Gasteiger partial charge on any atom is -0.497 e. The molecule has 0 aliphatic heterocycles. The molecule has 4 heteroatoms. The maximum atomic E-state index is 10.9. The van der Waals surface area contributed by atoms with E-state index in [0.29, 0.717) is 12.0 Å². The van der Waals surface area contributed by atoms with Crippen LogP contribution in [0.25, 0.3) is 0 Å². The van der Waals surface area contributed by atoms with Crippen LogP contribution in [0.2, 0.25) is 0 Å². The highest BCUT2D eigenvalue weighted by atomic mass is 16.5. The fraction of sp³-hybridized carbons (Fsp3) is 0.588. The van der Waals surface area contributed by atoms with E-state index >= 15 is 0 Å². The van der Waals surface area contributed by atoms with E-state index in [0.717, 1.165) is 38.0 Å². The van der Waals surface area contributed by atoms with Gasteiger partial charge in [0.15, 0.2) is 0 Å². The standard InChI is InChI=1S/C17H25NO3/c1-12(14-7-9-16(21-2)10-8-14)18-11-13-3-5-15(6-4-13)17(19)20/h7-10,12-13,15,18H,3-6,11H2,1-2H3,(H,19,20). The van der Waals surface area contributed by atoms with Crippen LogP contribution in [0.5, 0.6) is 5.75 Å². The van der Waals surface area contributed by atoms with Crippen LogP contribution >= 0.6 is 0 Å². The summed E-state index contributed by atoms with van der Waals surface area (Å²) >= 11 is 0. The SMILES string of the molecule is COc1ccc(C(C)NCC2CCC(C(=O)O)CC2)cc1. The largest absolute Gasteiger partial charge is 0.497 e. The first-order chi connectivity index (χ1) is 10.1. The summed E-state index contributed by atoms with van der Waals surface area (Å²) in [6.45, 7) is 3.12. The van der Waals surface area contributed by atoms with Crippen LogP contribution in [-0.4, -0.2) is 24.7 Å². The van der Waals surface area contributed by atoms with Gasteiger partial charge < -0.3 is 15.2 Å². The Morgan fingerprint density at radius 2 is 1.90 bits per heavy atom. The molecule has 4 nitrogen and oxygen atoms in total. The predicted octanol–water partition coefficient (Wildman–Crippen LogP) is 3.24. The molecule has 2 N–H and O–H groups in total. The molecule has 0 heterocycles. The highest BCUT2D eigenvalue weighted by molar-refractivity contribution is 5.69. The minimum atomic E-state index is -0.631. The average Bonchev–Trinajstić information content (AvgIpc) is 2.53. The molecule has 2 rings (SSSR count). The number of ether oxygens (including phenoxy) is 1. The van der Waals surface area contributed by atoms with Gasteiger partial charge >= 0.3 is 5.97 Å². The minimum absolute atomic E-state index is 0.125. The summed E-state index contributed by atoms with van der Waals surface area (Å²) in [6.07, 6.45) is 3.66. The third-order valence-electron chi connectivity index (χ3n) is 4.52. The first-order valence-corrected chi connectivity index (χ1v) is 7.70. The quantitative estimate of drug-likeness (QED) is 0.845. The summed E-state index contributed by atoms with van der Waals surface area (Å²) in [5.41, 5.74) is 1.25. The number of hydrogen-bond acceptors (Lipinski definition) is 3. The Kier molecular flexibility index (Phi) is 5.62. The van der Waals surface area contributed by atoms with Crippen molar-refractivity contribution < 1.29 is 14.6 Å². The van der Waals surface area contributed by atoms with E-state index in [1.807, 2.05) is 12.1 Å². The smallest absolute Gasteiger partial charge is 0.306 e. The van der Waals surface area contributed by atoms with E-state index < -0.39 is 5.97 Å². The van der Waals surface area contributed by atoms with Crippen LogP contribution in [0.1, 0.15) is 44.2 Å². The zero-order chi connectivity index (χ0) is 15.2. The van der Waals surface area contributed by atoms with E-state index in [1.54, 1.807) is 7.11 Å². The van der Waals surface area contributed by atoms with Gasteiger partial charge in [-0.25, -0.2) is 0 Å². The van der Waals surface area contributed by atoms with Crippen LogP contribution in [0, 0.1) is 11.8 Å². The normalized spacial score (nSPS) is 23.5. The second kappa shape index (κ2) is 7.46. The lowest BCUT2D eigenvalue weighted by atomic mass is 9.82. The molecule has 1 unspecified atom stereocenters. The predicted molar refractivity (Wildman–Crippen MR) is 82.5 cm³/mol. The number of benzene rings is 1. The van der Waals surface area contributed by atoms with Gasteiger partial charge in [-0.05, 0) is 62.8 Å². The molecule has 0 aromatic heterocycles. The van der Waals surface area contributed by atoms with Gasteiger partial charge in [-0.3, -0.25) is 4.79 Å².